The number of hydrogen-bond donors (Lipinski definition) is 1. The smallest absolute Gasteiger partial charge is 0.225 e. The highest BCUT2D eigenvalue weighted by Gasteiger charge is 2.26. The fourth-order valence-corrected chi connectivity index (χ4v) is 3.93. The number of piperidine rings is 1. The Balaban J connectivity index is 1.42. The van der Waals surface area contributed by atoms with Crippen LogP contribution in [0.4, 0.5) is 5.95 Å². The number of hydrogen-bond acceptors (Lipinski definition) is 6. The first-order valence-electron chi connectivity index (χ1n) is 9.21. The Labute approximate surface area is 151 Å². The highest BCUT2D eigenvalue weighted by atomic mass is 15.3. The molecular formula is C18H22N8. The lowest BCUT2D eigenvalue weighted by molar-refractivity contribution is 0.404. The number of nitrogens with one attached hydrogen (secondary N) is 1. The summed E-state index contributed by atoms with van der Waals surface area (Å²) in [5.41, 5.74) is 2.19. The van der Waals surface area contributed by atoms with Gasteiger partial charge in [0, 0.05) is 51.0 Å². The van der Waals surface area contributed by atoms with Crippen molar-refractivity contribution in [3.05, 3.63) is 42.6 Å². The molecule has 8 heteroatoms. The first-order valence-corrected chi connectivity index (χ1v) is 9.21. The van der Waals surface area contributed by atoms with Crippen molar-refractivity contribution in [2.24, 2.45) is 0 Å². The Bertz CT molecular complexity index is 860. The minimum absolute atomic E-state index is 0.349. The largest absolute Gasteiger partial charge is 0.339 e. The third kappa shape index (κ3) is 2.76. The zero-order chi connectivity index (χ0) is 17.3. The molecule has 0 aliphatic carbocycles. The zero-order valence-electron chi connectivity index (χ0n) is 14.6. The quantitative estimate of drug-likeness (QED) is 0.771. The lowest BCUT2D eigenvalue weighted by Crippen LogP contribution is -2.37. The van der Waals surface area contributed by atoms with E-state index in [-0.39, 0.29) is 0 Å². The van der Waals surface area contributed by atoms with Crippen molar-refractivity contribution in [1.82, 2.24) is 34.6 Å². The van der Waals surface area contributed by atoms with Gasteiger partial charge in [0.05, 0.1) is 18.3 Å². The zero-order valence-corrected chi connectivity index (χ0v) is 14.6. The first kappa shape index (κ1) is 15.5. The second-order valence-electron chi connectivity index (χ2n) is 6.87. The third-order valence-electron chi connectivity index (χ3n) is 5.19. The molecule has 0 radical (unpaired) electrons. The van der Waals surface area contributed by atoms with Gasteiger partial charge in [-0.05, 0) is 25.0 Å². The number of imidazole rings is 1. The number of anilines is 1. The molecule has 1 N–H and O–H groups in total. The molecular weight excluding hydrogens is 328 g/mol. The number of fused-ring (bicyclic) bond motifs is 1. The molecule has 5 heterocycles. The molecule has 1 atom stereocenters. The van der Waals surface area contributed by atoms with Gasteiger partial charge >= 0.3 is 0 Å². The van der Waals surface area contributed by atoms with E-state index in [9.17, 15) is 0 Å². The van der Waals surface area contributed by atoms with Gasteiger partial charge in [-0.1, -0.05) is 0 Å². The van der Waals surface area contributed by atoms with E-state index >= 15 is 0 Å². The van der Waals surface area contributed by atoms with Crippen LogP contribution in [0.2, 0.25) is 0 Å². The molecule has 0 spiro atoms. The van der Waals surface area contributed by atoms with Crippen molar-refractivity contribution >= 4 is 5.95 Å². The van der Waals surface area contributed by atoms with Crippen LogP contribution < -0.4 is 10.2 Å². The molecule has 1 saturated heterocycles. The van der Waals surface area contributed by atoms with Gasteiger partial charge in [-0.2, -0.15) is 5.10 Å². The average molecular weight is 350 g/mol. The van der Waals surface area contributed by atoms with Gasteiger partial charge in [0.2, 0.25) is 5.95 Å². The lowest BCUT2D eigenvalue weighted by Gasteiger charge is -2.33. The van der Waals surface area contributed by atoms with Crippen LogP contribution in [0.5, 0.6) is 0 Å². The van der Waals surface area contributed by atoms with Crippen molar-refractivity contribution < 1.29 is 0 Å². The fourth-order valence-electron chi connectivity index (χ4n) is 3.93. The Morgan fingerprint density at radius 3 is 2.88 bits per heavy atom. The Kier molecular flexibility index (Phi) is 3.89. The molecule has 0 amide bonds. The second-order valence-corrected chi connectivity index (χ2v) is 6.87. The summed E-state index contributed by atoms with van der Waals surface area (Å²) in [5.74, 6) is 1.76. The molecule has 5 rings (SSSR count). The number of rotatable bonds is 3. The van der Waals surface area contributed by atoms with E-state index < -0.39 is 0 Å². The number of aromatic nitrogens is 6. The van der Waals surface area contributed by atoms with E-state index in [4.69, 9.17) is 5.10 Å². The van der Waals surface area contributed by atoms with Gasteiger partial charge in [-0.3, -0.25) is 4.68 Å². The standard InChI is InChI=1S/C18H22N8/c1-3-14(13-24(8-1)18-21-4-2-5-22-18)25-9-7-20-17(25)16-11-15-12-19-6-10-26(15)23-16/h2,4-5,7,9,11,14,19H,1,3,6,8,10,12-13H2/t14-/m0/s1. The molecule has 1 fully saturated rings. The molecule has 3 aromatic rings. The molecule has 2 aliphatic rings. The van der Waals surface area contributed by atoms with Gasteiger partial charge in [0.25, 0.3) is 0 Å². The van der Waals surface area contributed by atoms with Crippen LogP contribution in [0.1, 0.15) is 24.6 Å². The molecule has 26 heavy (non-hydrogen) atoms. The molecule has 3 aromatic heterocycles. The van der Waals surface area contributed by atoms with Crippen LogP contribution in [-0.4, -0.2) is 48.9 Å². The predicted octanol–water partition coefficient (Wildman–Crippen LogP) is 1.48. The Morgan fingerprint density at radius 1 is 1.08 bits per heavy atom. The van der Waals surface area contributed by atoms with Crippen LogP contribution in [-0.2, 0) is 13.1 Å². The molecule has 0 unspecified atom stereocenters. The summed E-state index contributed by atoms with van der Waals surface area (Å²) in [6.07, 6.45) is 9.80. The van der Waals surface area contributed by atoms with E-state index in [1.54, 1.807) is 12.4 Å². The first-order chi connectivity index (χ1) is 12.9. The van der Waals surface area contributed by atoms with E-state index in [0.29, 0.717) is 6.04 Å². The van der Waals surface area contributed by atoms with Crippen LogP contribution in [0, 0.1) is 0 Å². The average Bonchev–Trinajstić information content (AvgIpc) is 3.35. The summed E-state index contributed by atoms with van der Waals surface area (Å²) < 4.78 is 4.37. The summed E-state index contributed by atoms with van der Waals surface area (Å²) in [6, 6.07) is 4.36. The van der Waals surface area contributed by atoms with E-state index in [1.807, 2.05) is 12.3 Å². The third-order valence-corrected chi connectivity index (χ3v) is 5.19. The highest BCUT2D eigenvalue weighted by molar-refractivity contribution is 5.51. The van der Waals surface area contributed by atoms with Crippen molar-refractivity contribution in [3.8, 4) is 11.5 Å². The van der Waals surface area contributed by atoms with Gasteiger partial charge in [-0.25, -0.2) is 15.0 Å². The van der Waals surface area contributed by atoms with Gasteiger partial charge in [0.15, 0.2) is 5.82 Å². The van der Waals surface area contributed by atoms with Crippen molar-refractivity contribution in [2.45, 2.75) is 32.0 Å². The fraction of sp³-hybridized carbons (Fsp3) is 0.444. The van der Waals surface area contributed by atoms with Crippen molar-refractivity contribution in [3.63, 3.8) is 0 Å². The van der Waals surface area contributed by atoms with E-state index in [2.05, 4.69) is 46.7 Å². The molecule has 0 saturated carbocycles. The molecule has 134 valence electrons. The van der Waals surface area contributed by atoms with Crippen LogP contribution in [0.3, 0.4) is 0 Å². The predicted molar refractivity (Wildman–Crippen MR) is 97.7 cm³/mol. The van der Waals surface area contributed by atoms with Gasteiger partial charge in [-0.15, -0.1) is 0 Å². The summed E-state index contributed by atoms with van der Waals surface area (Å²) >= 11 is 0. The summed E-state index contributed by atoms with van der Waals surface area (Å²) in [7, 11) is 0. The van der Waals surface area contributed by atoms with Crippen LogP contribution >= 0.6 is 0 Å². The summed E-state index contributed by atoms with van der Waals surface area (Å²) in [4.78, 5) is 15.7. The normalized spacial score (nSPS) is 20.2. The number of nitrogens with zero attached hydrogens (tertiary/aromatic N) is 7. The van der Waals surface area contributed by atoms with Gasteiger partial charge < -0.3 is 14.8 Å². The Morgan fingerprint density at radius 2 is 2.00 bits per heavy atom. The van der Waals surface area contributed by atoms with Crippen LogP contribution in [0.15, 0.2) is 36.9 Å². The van der Waals surface area contributed by atoms with Crippen molar-refractivity contribution in [1.29, 1.82) is 0 Å². The maximum atomic E-state index is 4.78. The summed E-state index contributed by atoms with van der Waals surface area (Å²) in [5, 5.41) is 8.17. The topological polar surface area (TPSA) is 76.7 Å². The van der Waals surface area contributed by atoms with E-state index in [0.717, 1.165) is 63.0 Å². The molecule has 0 aromatic carbocycles. The van der Waals surface area contributed by atoms with Gasteiger partial charge in [0.1, 0.15) is 5.69 Å². The maximum absolute atomic E-state index is 4.78. The lowest BCUT2D eigenvalue weighted by atomic mass is 10.1. The SMILES string of the molecule is c1cnc(N2CCC[C@H](n3ccnc3-c3cc4n(n3)CCNC4)C2)nc1. The summed E-state index contributed by atoms with van der Waals surface area (Å²) in [6.45, 7) is 4.64. The Hall–Kier alpha value is -2.74. The maximum Gasteiger partial charge on any atom is 0.225 e. The van der Waals surface area contributed by atoms with E-state index in [1.165, 1.54) is 5.69 Å². The minimum Gasteiger partial charge on any atom is -0.339 e. The van der Waals surface area contributed by atoms with Crippen LogP contribution in [0.25, 0.3) is 11.5 Å². The second kappa shape index (κ2) is 6.53. The minimum atomic E-state index is 0.349. The molecule has 8 nitrogen and oxygen atoms in total. The monoisotopic (exact) mass is 350 g/mol. The highest BCUT2D eigenvalue weighted by Crippen LogP contribution is 2.28. The molecule has 2 aliphatic heterocycles. The van der Waals surface area contributed by atoms with Crippen molar-refractivity contribution in [2.75, 3.05) is 24.5 Å². The molecule has 0 bridgehead atoms.